The standard InChI is InChI=1S/C13H14ClN3/c1-9-2-3-10(14)6-12(9)13-4-5-16-17(13)11-7-15-8-11/h2-6,11,15H,7-8H2,1H3. The molecule has 1 fully saturated rings. The number of hydrogen-bond donors (Lipinski definition) is 1. The predicted molar refractivity (Wildman–Crippen MR) is 69.3 cm³/mol. The number of halogens is 1. The van der Waals surface area contributed by atoms with Gasteiger partial charge in [0.25, 0.3) is 0 Å². The molecule has 0 amide bonds. The summed E-state index contributed by atoms with van der Waals surface area (Å²) in [6.45, 7) is 4.09. The van der Waals surface area contributed by atoms with E-state index in [0.717, 1.165) is 23.8 Å². The number of aromatic nitrogens is 2. The second-order valence-electron chi connectivity index (χ2n) is 4.43. The quantitative estimate of drug-likeness (QED) is 0.884. The second-order valence-corrected chi connectivity index (χ2v) is 4.87. The van der Waals surface area contributed by atoms with E-state index in [4.69, 9.17) is 11.6 Å². The van der Waals surface area contributed by atoms with Crippen LogP contribution < -0.4 is 5.32 Å². The van der Waals surface area contributed by atoms with Gasteiger partial charge in [0.1, 0.15) is 0 Å². The highest BCUT2D eigenvalue weighted by Gasteiger charge is 2.22. The van der Waals surface area contributed by atoms with Crippen LogP contribution in [0.15, 0.2) is 30.5 Å². The van der Waals surface area contributed by atoms with Crippen LogP contribution in [0.1, 0.15) is 11.6 Å². The van der Waals surface area contributed by atoms with E-state index in [1.54, 1.807) is 0 Å². The lowest BCUT2D eigenvalue weighted by atomic mass is 10.0. The van der Waals surface area contributed by atoms with E-state index < -0.39 is 0 Å². The third-order valence-corrected chi connectivity index (χ3v) is 3.49. The zero-order valence-corrected chi connectivity index (χ0v) is 10.4. The maximum absolute atomic E-state index is 6.07. The van der Waals surface area contributed by atoms with E-state index in [1.807, 2.05) is 24.4 Å². The molecule has 2 heterocycles. The van der Waals surface area contributed by atoms with Gasteiger partial charge in [-0.25, -0.2) is 0 Å². The normalized spacial score (nSPS) is 15.9. The van der Waals surface area contributed by atoms with E-state index in [1.165, 1.54) is 11.1 Å². The van der Waals surface area contributed by atoms with Crippen molar-refractivity contribution in [1.82, 2.24) is 15.1 Å². The first-order valence-corrected chi connectivity index (χ1v) is 6.14. The molecule has 0 radical (unpaired) electrons. The summed E-state index contributed by atoms with van der Waals surface area (Å²) in [6, 6.07) is 8.51. The molecule has 4 heteroatoms. The van der Waals surface area contributed by atoms with Crippen LogP contribution in [-0.4, -0.2) is 22.9 Å². The van der Waals surface area contributed by atoms with Crippen LogP contribution in [0, 0.1) is 6.92 Å². The summed E-state index contributed by atoms with van der Waals surface area (Å²) in [6.07, 6.45) is 1.86. The van der Waals surface area contributed by atoms with Crippen molar-refractivity contribution in [1.29, 1.82) is 0 Å². The fourth-order valence-electron chi connectivity index (χ4n) is 2.14. The zero-order chi connectivity index (χ0) is 11.8. The van der Waals surface area contributed by atoms with Gasteiger partial charge in [-0.2, -0.15) is 5.10 Å². The van der Waals surface area contributed by atoms with E-state index in [-0.39, 0.29) is 0 Å². The Labute approximate surface area is 105 Å². The summed E-state index contributed by atoms with van der Waals surface area (Å²) in [5.41, 5.74) is 3.54. The highest BCUT2D eigenvalue weighted by molar-refractivity contribution is 6.30. The van der Waals surface area contributed by atoms with Gasteiger partial charge in [0.15, 0.2) is 0 Å². The van der Waals surface area contributed by atoms with Crippen LogP contribution in [-0.2, 0) is 0 Å². The Morgan fingerprint density at radius 3 is 2.88 bits per heavy atom. The van der Waals surface area contributed by atoms with Gasteiger partial charge in [0.2, 0.25) is 0 Å². The Bertz CT molecular complexity index is 543. The van der Waals surface area contributed by atoms with Crippen molar-refractivity contribution in [3.8, 4) is 11.3 Å². The van der Waals surface area contributed by atoms with Crippen LogP contribution >= 0.6 is 11.6 Å². The highest BCUT2D eigenvalue weighted by atomic mass is 35.5. The van der Waals surface area contributed by atoms with Gasteiger partial charge in [0, 0.05) is 29.9 Å². The topological polar surface area (TPSA) is 29.9 Å². The summed E-state index contributed by atoms with van der Waals surface area (Å²) >= 11 is 6.07. The number of nitrogens with zero attached hydrogens (tertiary/aromatic N) is 2. The van der Waals surface area contributed by atoms with Crippen LogP contribution in [0.5, 0.6) is 0 Å². The number of aryl methyl sites for hydroxylation is 1. The van der Waals surface area contributed by atoms with Gasteiger partial charge in [-0.05, 0) is 30.7 Å². The van der Waals surface area contributed by atoms with Crippen molar-refractivity contribution >= 4 is 11.6 Å². The number of rotatable bonds is 2. The van der Waals surface area contributed by atoms with Crippen molar-refractivity contribution in [2.24, 2.45) is 0 Å². The first-order valence-electron chi connectivity index (χ1n) is 5.76. The largest absolute Gasteiger partial charge is 0.312 e. The Balaban J connectivity index is 2.08. The zero-order valence-electron chi connectivity index (χ0n) is 9.65. The van der Waals surface area contributed by atoms with Crippen molar-refractivity contribution in [2.45, 2.75) is 13.0 Å². The van der Waals surface area contributed by atoms with Crippen LogP contribution in [0.25, 0.3) is 11.3 Å². The lowest BCUT2D eigenvalue weighted by Crippen LogP contribution is -2.44. The van der Waals surface area contributed by atoms with Crippen molar-refractivity contribution < 1.29 is 0 Å². The highest BCUT2D eigenvalue weighted by Crippen LogP contribution is 2.28. The molecule has 0 saturated carbocycles. The molecular formula is C13H14ClN3. The fourth-order valence-corrected chi connectivity index (χ4v) is 2.31. The van der Waals surface area contributed by atoms with Gasteiger partial charge in [-0.3, -0.25) is 4.68 Å². The molecule has 2 aromatic rings. The van der Waals surface area contributed by atoms with Crippen LogP contribution in [0.2, 0.25) is 5.02 Å². The Morgan fingerprint density at radius 2 is 2.18 bits per heavy atom. The minimum absolute atomic E-state index is 0.471. The lowest BCUT2D eigenvalue weighted by molar-refractivity contribution is 0.321. The van der Waals surface area contributed by atoms with Crippen molar-refractivity contribution in [3.63, 3.8) is 0 Å². The smallest absolute Gasteiger partial charge is 0.0774 e. The fraction of sp³-hybridized carbons (Fsp3) is 0.308. The predicted octanol–water partition coefficient (Wildman–Crippen LogP) is 2.66. The molecule has 1 N–H and O–H groups in total. The summed E-state index contributed by atoms with van der Waals surface area (Å²) in [7, 11) is 0. The van der Waals surface area contributed by atoms with Crippen molar-refractivity contribution in [3.05, 3.63) is 41.0 Å². The van der Waals surface area contributed by atoms with E-state index in [9.17, 15) is 0 Å². The molecule has 0 spiro atoms. The molecule has 0 atom stereocenters. The Morgan fingerprint density at radius 1 is 1.35 bits per heavy atom. The minimum atomic E-state index is 0.471. The van der Waals surface area contributed by atoms with E-state index in [2.05, 4.69) is 28.1 Å². The summed E-state index contributed by atoms with van der Waals surface area (Å²) < 4.78 is 2.09. The average molecular weight is 248 g/mol. The summed E-state index contributed by atoms with van der Waals surface area (Å²) in [4.78, 5) is 0. The summed E-state index contributed by atoms with van der Waals surface area (Å²) in [5.74, 6) is 0. The molecular weight excluding hydrogens is 234 g/mol. The number of nitrogens with one attached hydrogen (secondary N) is 1. The molecule has 0 unspecified atom stereocenters. The van der Waals surface area contributed by atoms with E-state index >= 15 is 0 Å². The van der Waals surface area contributed by atoms with Crippen LogP contribution in [0.4, 0.5) is 0 Å². The molecule has 3 nitrogen and oxygen atoms in total. The van der Waals surface area contributed by atoms with Crippen molar-refractivity contribution in [2.75, 3.05) is 13.1 Å². The molecule has 1 aliphatic rings. The Kier molecular flexibility index (Phi) is 2.65. The molecule has 0 aliphatic carbocycles. The number of hydrogen-bond acceptors (Lipinski definition) is 2. The monoisotopic (exact) mass is 247 g/mol. The average Bonchev–Trinajstić information content (AvgIpc) is 2.68. The minimum Gasteiger partial charge on any atom is -0.312 e. The molecule has 0 bridgehead atoms. The third kappa shape index (κ3) is 1.85. The Hall–Kier alpha value is -1.32. The molecule has 1 aromatic heterocycles. The van der Waals surface area contributed by atoms with Crippen LogP contribution in [0.3, 0.4) is 0 Å². The molecule has 3 rings (SSSR count). The van der Waals surface area contributed by atoms with E-state index in [0.29, 0.717) is 6.04 Å². The van der Waals surface area contributed by atoms with Gasteiger partial charge >= 0.3 is 0 Å². The maximum Gasteiger partial charge on any atom is 0.0774 e. The first-order chi connectivity index (χ1) is 8.25. The van der Waals surface area contributed by atoms with Gasteiger partial charge in [0.05, 0.1) is 11.7 Å². The molecule has 1 aliphatic heterocycles. The van der Waals surface area contributed by atoms with Gasteiger partial charge in [-0.15, -0.1) is 0 Å². The third-order valence-electron chi connectivity index (χ3n) is 3.25. The first kappa shape index (κ1) is 10.8. The molecule has 1 aromatic carbocycles. The SMILES string of the molecule is Cc1ccc(Cl)cc1-c1ccnn1C1CNC1. The molecule has 1 saturated heterocycles. The maximum atomic E-state index is 6.07. The second kappa shape index (κ2) is 4.17. The lowest BCUT2D eigenvalue weighted by Gasteiger charge is -2.29. The molecule has 17 heavy (non-hydrogen) atoms. The molecule has 88 valence electrons. The van der Waals surface area contributed by atoms with Gasteiger partial charge in [-0.1, -0.05) is 17.7 Å². The van der Waals surface area contributed by atoms with Gasteiger partial charge < -0.3 is 5.32 Å². The summed E-state index contributed by atoms with van der Waals surface area (Å²) in [5, 5.41) is 8.45. The number of benzene rings is 1.